The lowest BCUT2D eigenvalue weighted by atomic mass is 10.2. The molecule has 0 bridgehead atoms. The van der Waals surface area contributed by atoms with Crippen molar-refractivity contribution in [3.05, 3.63) is 34.6 Å². The number of halogens is 1. The van der Waals surface area contributed by atoms with E-state index in [4.69, 9.17) is 11.6 Å². The number of hydrogen-bond acceptors (Lipinski definition) is 4. The summed E-state index contributed by atoms with van der Waals surface area (Å²) in [6, 6.07) is 6.06. The van der Waals surface area contributed by atoms with E-state index in [1.54, 1.807) is 0 Å². The summed E-state index contributed by atoms with van der Waals surface area (Å²) in [5, 5.41) is 13.0. The van der Waals surface area contributed by atoms with Crippen LogP contribution in [0.5, 0.6) is 0 Å². The van der Waals surface area contributed by atoms with Gasteiger partial charge in [0.2, 0.25) is 5.91 Å². The van der Waals surface area contributed by atoms with E-state index in [2.05, 4.69) is 20.1 Å². The van der Waals surface area contributed by atoms with Crippen molar-refractivity contribution in [3.63, 3.8) is 0 Å². The lowest BCUT2D eigenvalue weighted by Gasteiger charge is -2.14. The maximum absolute atomic E-state index is 12.6. The molecule has 1 N–H and O–H groups in total. The molecule has 2 aliphatic rings. The van der Waals surface area contributed by atoms with Crippen LogP contribution in [0.4, 0.5) is 5.69 Å². The molecular weight excluding hydrogens is 356 g/mol. The number of hydrogen-bond donors (Lipinski definition) is 1. The molecule has 2 saturated carbocycles. The molecule has 0 saturated heterocycles. The summed E-state index contributed by atoms with van der Waals surface area (Å²) >= 11 is 7.62. The standard InChI is InChI=1S/C18H21ClN4OS/c1-10-14(19)4-3-5-15(10)20-17(24)11(2)25-18-22-21-16(12-6-7-12)23(18)13-8-9-13/h3-5,11-13H,6-9H2,1-2H3,(H,20,24)/t11-/m1/s1. The Morgan fingerprint density at radius 1 is 1.32 bits per heavy atom. The first-order valence-electron chi connectivity index (χ1n) is 8.72. The van der Waals surface area contributed by atoms with Crippen LogP contribution < -0.4 is 5.32 Å². The maximum atomic E-state index is 12.6. The van der Waals surface area contributed by atoms with Crippen molar-refractivity contribution in [1.29, 1.82) is 0 Å². The molecule has 5 nitrogen and oxygen atoms in total. The van der Waals surface area contributed by atoms with Gasteiger partial charge >= 0.3 is 0 Å². The van der Waals surface area contributed by atoms with Gasteiger partial charge in [-0.15, -0.1) is 10.2 Å². The molecule has 2 fully saturated rings. The van der Waals surface area contributed by atoms with Crippen molar-refractivity contribution >= 4 is 35.0 Å². The zero-order valence-corrected chi connectivity index (χ0v) is 15.9. The lowest BCUT2D eigenvalue weighted by molar-refractivity contribution is -0.115. The quantitative estimate of drug-likeness (QED) is 0.750. The molecule has 132 valence electrons. The summed E-state index contributed by atoms with van der Waals surface area (Å²) in [5.74, 6) is 1.64. The van der Waals surface area contributed by atoms with Crippen molar-refractivity contribution in [2.45, 2.75) is 61.9 Å². The minimum absolute atomic E-state index is 0.0475. The molecule has 7 heteroatoms. The van der Waals surface area contributed by atoms with Gasteiger partial charge in [0.15, 0.2) is 5.16 Å². The molecular formula is C18H21ClN4OS. The summed E-state index contributed by atoms with van der Waals surface area (Å²) < 4.78 is 2.27. The molecule has 0 spiro atoms. The number of nitrogens with one attached hydrogen (secondary N) is 1. The van der Waals surface area contributed by atoms with Gasteiger partial charge in [0.05, 0.1) is 5.25 Å². The third-order valence-electron chi connectivity index (χ3n) is 4.72. The van der Waals surface area contributed by atoms with Gasteiger partial charge in [-0.25, -0.2) is 0 Å². The Morgan fingerprint density at radius 2 is 2.08 bits per heavy atom. The fourth-order valence-corrected chi connectivity index (χ4v) is 3.95. The average Bonchev–Trinajstić information content (AvgIpc) is 3.50. The highest BCUT2D eigenvalue weighted by Gasteiger charge is 2.37. The molecule has 1 amide bonds. The largest absolute Gasteiger partial charge is 0.325 e. The number of nitrogens with zero attached hydrogens (tertiary/aromatic N) is 3. The topological polar surface area (TPSA) is 59.8 Å². The average molecular weight is 377 g/mol. The van der Waals surface area contributed by atoms with Crippen molar-refractivity contribution in [1.82, 2.24) is 14.8 Å². The zero-order valence-electron chi connectivity index (χ0n) is 14.3. The van der Waals surface area contributed by atoms with Crippen LogP contribution in [-0.2, 0) is 4.79 Å². The molecule has 0 unspecified atom stereocenters. The number of benzene rings is 1. The number of aromatic nitrogens is 3. The van der Waals surface area contributed by atoms with Crippen LogP contribution in [0.3, 0.4) is 0 Å². The Hall–Kier alpha value is -1.53. The van der Waals surface area contributed by atoms with E-state index in [0.29, 0.717) is 17.0 Å². The normalized spacial score (nSPS) is 18.2. The number of amides is 1. The summed E-state index contributed by atoms with van der Waals surface area (Å²) in [7, 11) is 0. The third-order valence-corrected chi connectivity index (χ3v) is 6.19. The molecule has 0 radical (unpaired) electrons. The van der Waals surface area contributed by atoms with Crippen molar-refractivity contribution < 1.29 is 4.79 Å². The van der Waals surface area contributed by atoms with Gasteiger partial charge in [-0.2, -0.15) is 0 Å². The summed E-state index contributed by atoms with van der Waals surface area (Å²) in [6.45, 7) is 3.81. The van der Waals surface area contributed by atoms with Crippen LogP contribution in [0.25, 0.3) is 0 Å². The molecule has 1 aromatic heterocycles. The molecule has 0 aliphatic heterocycles. The number of thioether (sulfide) groups is 1. The monoisotopic (exact) mass is 376 g/mol. The Kier molecular flexibility index (Phi) is 4.50. The second-order valence-corrected chi connectivity index (χ2v) is 8.59. The van der Waals surface area contributed by atoms with Crippen LogP contribution in [0.2, 0.25) is 5.02 Å². The van der Waals surface area contributed by atoms with Gasteiger partial charge in [0.25, 0.3) is 0 Å². The minimum atomic E-state index is -0.257. The summed E-state index contributed by atoms with van der Waals surface area (Å²) in [5.41, 5.74) is 1.64. The summed E-state index contributed by atoms with van der Waals surface area (Å²) in [4.78, 5) is 12.6. The van der Waals surface area contributed by atoms with E-state index < -0.39 is 0 Å². The first-order chi connectivity index (χ1) is 12.0. The van der Waals surface area contributed by atoms with E-state index >= 15 is 0 Å². The predicted octanol–water partition coefficient (Wildman–Crippen LogP) is 4.57. The minimum Gasteiger partial charge on any atom is -0.325 e. The van der Waals surface area contributed by atoms with E-state index in [0.717, 1.165) is 22.2 Å². The SMILES string of the molecule is Cc1c(Cl)cccc1NC(=O)[C@@H](C)Sc1nnc(C2CC2)n1C1CC1. The number of anilines is 1. The zero-order chi connectivity index (χ0) is 17.6. The van der Waals surface area contributed by atoms with Crippen molar-refractivity contribution in [2.24, 2.45) is 0 Å². The van der Waals surface area contributed by atoms with Gasteiger partial charge in [0, 0.05) is 22.7 Å². The van der Waals surface area contributed by atoms with Gasteiger partial charge < -0.3 is 9.88 Å². The lowest BCUT2D eigenvalue weighted by Crippen LogP contribution is -2.23. The van der Waals surface area contributed by atoms with Gasteiger partial charge in [-0.3, -0.25) is 4.79 Å². The molecule has 25 heavy (non-hydrogen) atoms. The van der Waals surface area contributed by atoms with Crippen LogP contribution in [0.1, 0.15) is 56.0 Å². The predicted molar refractivity (Wildman–Crippen MR) is 100 cm³/mol. The Balaban J connectivity index is 1.47. The van der Waals surface area contributed by atoms with E-state index in [9.17, 15) is 4.79 Å². The third kappa shape index (κ3) is 3.55. The molecule has 1 atom stereocenters. The molecule has 2 aromatic rings. The van der Waals surface area contributed by atoms with Crippen LogP contribution >= 0.6 is 23.4 Å². The van der Waals surface area contributed by atoms with Crippen molar-refractivity contribution in [3.8, 4) is 0 Å². The Bertz CT molecular complexity index is 813. The first-order valence-corrected chi connectivity index (χ1v) is 9.97. The van der Waals surface area contributed by atoms with E-state index in [1.165, 1.54) is 37.4 Å². The van der Waals surface area contributed by atoms with Gasteiger partial charge in [-0.1, -0.05) is 29.4 Å². The number of carbonyl (C=O) groups is 1. The van der Waals surface area contributed by atoms with Gasteiger partial charge in [0.1, 0.15) is 5.82 Å². The second-order valence-electron chi connectivity index (χ2n) is 6.88. The fourth-order valence-electron chi connectivity index (χ4n) is 2.85. The second kappa shape index (κ2) is 6.65. The molecule has 1 aromatic carbocycles. The number of carbonyl (C=O) groups excluding carboxylic acids is 1. The highest BCUT2D eigenvalue weighted by atomic mass is 35.5. The highest BCUT2D eigenvalue weighted by molar-refractivity contribution is 8.00. The Labute approximate surface area is 156 Å². The molecule has 2 aliphatic carbocycles. The van der Waals surface area contributed by atoms with Crippen molar-refractivity contribution in [2.75, 3.05) is 5.32 Å². The highest BCUT2D eigenvalue weighted by Crippen LogP contribution is 2.46. The van der Waals surface area contributed by atoms with E-state index in [1.807, 2.05) is 32.0 Å². The smallest absolute Gasteiger partial charge is 0.237 e. The van der Waals surface area contributed by atoms with Crippen LogP contribution in [0.15, 0.2) is 23.4 Å². The van der Waals surface area contributed by atoms with Gasteiger partial charge in [-0.05, 0) is 57.2 Å². The first kappa shape index (κ1) is 16.9. The molecule has 4 rings (SSSR count). The number of rotatable bonds is 6. The Morgan fingerprint density at radius 3 is 2.76 bits per heavy atom. The fraction of sp³-hybridized carbons (Fsp3) is 0.500. The van der Waals surface area contributed by atoms with E-state index in [-0.39, 0.29) is 11.2 Å². The molecule has 1 heterocycles. The van der Waals surface area contributed by atoms with Crippen LogP contribution in [-0.4, -0.2) is 25.9 Å². The van der Waals surface area contributed by atoms with Crippen LogP contribution in [0, 0.1) is 6.92 Å². The maximum Gasteiger partial charge on any atom is 0.237 e. The summed E-state index contributed by atoms with van der Waals surface area (Å²) in [6.07, 6.45) is 4.79.